The van der Waals surface area contributed by atoms with Gasteiger partial charge in [-0.15, -0.1) is 0 Å². The van der Waals surface area contributed by atoms with Gasteiger partial charge in [0.2, 0.25) is 0 Å². The molecule has 0 bridgehead atoms. The molecule has 7 nitrogen and oxygen atoms in total. The molecule has 1 aliphatic heterocycles. The number of methoxy groups -OCH3 is 1. The first kappa shape index (κ1) is 22.2. The molecule has 31 heavy (non-hydrogen) atoms. The van der Waals surface area contributed by atoms with Gasteiger partial charge in [-0.25, -0.2) is 9.59 Å². The topological polar surface area (TPSA) is 87.0 Å². The number of esters is 2. The van der Waals surface area contributed by atoms with Crippen LogP contribution in [0.4, 0.5) is 0 Å². The molecule has 0 aliphatic carbocycles. The van der Waals surface area contributed by atoms with E-state index in [1.54, 1.807) is 40.9 Å². The summed E-state index contributed by atoms with van der Waals surface area (Å²) in [7, 11) is 1.61. The molecular formula is C24H27NO6. The highest BCUT2D eigenvalue weighted by Gasteiger charge is 2.39. The summed E-state index contributed by atoms with van der Waals surface area (Å²) in [6, 6.07) is 11.0. The zero-order valence-electron chi connectivity index (χ0n) is 18.4. The highest BCUT2D eigenvalue weighted by molar-refractivity contribution is 5.99. The van der Waals surface area contributed by atoms with E-state index in [1.807, 2.05) is 30.3 Å². The lowest BCUT2D eigenvalue weighted by atomic mass is 9.83. The van der Waals surface area contributed by atoms with Crippen molar-refractivity contribution in [3.63, 3.8) is 0 Å². The Balaban J connectivity index is 2.09. The number of carbonyl (C=O) groups excluding carboxylic acids is 2. The lowest BCUT2D eigenvalue weighted by Gasteiger charge is -2.28. The summed E-state index contributed by atoms with van der Waals surface area (Å²) in [5.41, 5.74) is 2.71. The molecule has 1 aromatic heterocycles. The summed E-state index contributed by atoms with van der Waals surface area (Å²) >= 11 is 0. The summed E-state index contributed by atoms with van der Waals surface area (Å²) in [6.07, 6.45) is 0. The molecule has 3 rings (SSSR count). The highest BCUT2D eigenvalue weighted by Crippen LogP contribution is 2.41. The molecular weight excluding hydrogens is 398 g/mol. The third kappa shape index (κ3) is 4.50. The zero-order valence-corrected chi connectivity index (χ0v) is 18.4. The molecule has 0 atom stereocenters. The van der Waals surface area contributed by atoms with Crippen LogP contribution in [0.1, 0.15) is 39.4 Å². The van der Waals surface area contributed by atoms with Gasteiger partial charge in [0.25, 0.3) is 0 Å². The van der Waals surface area contributed by atoms with Crippen molar-refractivity contribution < 1.29 is 28.2 Å². The van der Waals surface area contributed by atoms with Gasteiger partial charge in [-0.05, 0) is 64.1 Å². The van der Waals surface area contributed by atoms with Gasteiger partial charge in [0.05, 0.1) is 37.4 Å². The van der Waals surface area contributed by atoms with Crippen LogP contribution in [0.2, 0.25) is 0 Å². The molecule has 0 saturated heterocycles. The normalized spacial score (nSPS) is 14.4. The lowest BCUT2D eigenvalue weighted by Crippen LogP contribution is -2.32. The molecule has 1 aliphatic rings. The molecule has 0 spiro atoms. The number of benzene rings is 1. The van der Waals surface area contributed by atoms with Crippen molar-refractivity contribution in [1.29, 1.82) is 0 Å². The van der Waals surface area contributed by atoms with E-state index in [2.05, 4.69) is 5.32 Å². The van der Waals surface area contributed by atoms with E-state index in [-0.39, 0.29) is 13.2 Å². The molecule has 0 radical (unpaired) electrons. The number of dihydropyridines is 1. The minimum Gasteiger partial charge on any atom is -0.497 e. The third-order valence-electron chi connectivity index (χ3n) is 5.04. The van der Waals surface area contributed by atoms with Crippen LogP contribution in [0, 0.1) is 0 Å². The maximum atomic E-state index is 12.8. The fraction of sp³-hybridized carbons (Fsp3) is 0.333. The number of furan rings is 1. The fourth-order valence-electron chi connectivity index (χ4n) is 3.66. The van der Waals surface area contributed by atoms with E-state index in [0.717, 1.165) is 11.3 Å². The SMILES string of the molecule is CCOC(=O)C1=C(C)NC(C)=C(C(=O)OCC)C1c1ccc(-c2ccc(OC)cc2)o1. The Labute approximate surface area is 181 Å². The lowest BCUT2D eigenvalue weighted by molar-refractivity contribution is -0.139. The second-order valence-electron chi connectivity index (χ2n) is 7.01. The average Bonchev–Trinajstić information content (AvgIpc) is 3.23. The predicted molar refractivity (Wildman–Crippen MR) is 115 cm³/mol. The number of allylic oxidation sites excluding steroid dienone is 2. The molecule has 7 heteroatoms. The Hall–Kier alpha value is -3.48. The summed E-state index contributed by atoms with van der Waals surface area (Å²) in [6.45, 7) is 7.46. The maximum absolute atomic E-state index is 12.8. The molecule has 2 aromatic rings. The van der Waals surface area contributed by atoms with E-state index in [0.29, 0.717) is 34.1 Å². The number of nitrogens with one attached hydrogen (secondary N) is 1. The van der Waals surface area contributed by atoms with Gasteiger partial charge < -0.3 is 23.9 Å². The predicted octanol–water partition coefficient (Wildman–Crippen LogP) is 4.32. The Morgan fingerprint density at radius 1 is 0.903 bits per heavy atom. The fourth-order valence-corrected chi connectivity index (χ4v) is 3.66. The standard InChI is InChI=1S/C24H27NO6/c1-6-29-23(26)20-14(3)25-15(4)21(24(27)30-7-2)22(20)19-13-12-18(31-19)16-8-10-17(28-5)11-9-16/h8-13,22,25H,6-7H2,1-5H3. The van der Waals surface area contributed by atoms with Gasteiger partial charge in [-0.2, -0.15) is 0 Å². The quantitative estimate of drug-likeness (QED) is 0.661. The van der Waals surface area contributed by atoms with Crippen molar-refractivity contribution in [2.24, 2.45) is 0 Å². The van der Waals surface area contributed by atoms with Crippen LogP contribution in [-0.2, 0) is 19.1 Å². The Morgan fingerprint density at radius 2 is 1.45 bits per heavy atom. The number of rotatable bonds is 7. The second kappa shape index (κ2) is 9.55. The van der Waals surface area contributed by atoms with E-state index in [1.165, 1.54) is 0 Å². The minimum absolute atomic E-state index is 0.217. The summed E-state index contributed by atoms with van der Waals surface area (Å²) in [5.74, 6) is 0.0463. The van der Waals surface area contributed by atoms with Crippen molar-refractivity contribution in [2.45, 2.75) is 33.6 Å². The van der Waals surface area contributed by atoms with E-state index in [4.69, 9.17) is 18.6 Å². The van der Waals surface area contributed by atoms with Gasteiger partial charge in [0.15, 0.2) is 0 Å². The van der Waals surface area contributed by atoms with Crippen molar-refractivity contribution >= 4 is 11.9 Å². The largest absolute Gasteiger partial charge is 0.497 e. The van der Waals surface area contributed by atoms with Crippen LogP contribution in [-0.4, -0.2) is 32.3 Å². The van der Waals surface area contributed by atoms with Crippen LogP contribution in [0.5, 0.6) is 5.75 Å². The number of hydrogen-bond donors (Lipinski definition) is 1. The Bertz CT molecular complexity index is 989. The number of ether oxygens (including phenoxy) is 3. The smallest absolute Gasteiger partial charge is 0.336 e. The maximum Gasteiger partial charge on any atom is 0.336 e. The molecule has 0 fully saturated rings. The van der Waals surface area contributed by atoms with Gasteiger partial charge in [-0.1, -0.05) is 0 Å². The first-order valence-electron chi connectivity index (χ1n) is 10.2. The van der Waals surface area contributed by atoms with Gasteiger partial charge in [0.1, 0.15) is 17.3 Å². The third-order valence-corrected chi connectivity index (χ3v) is 5.04. The van der Waals surface area contributed by atoms with Crippen molar-refractivity contribution in [2.75, 3.05) is 20.3 Å². The van der Waals surface area contributed by atoms with Crippen LogP contribution >= 0.6 is 0 Å². The van der Waals surface area contributed by atoms with Crippen LogP contribution in [0.25, 0.3) is 11.3 Å². The highest BCUT2D eigenvalue weighted by atomic mass is 16.5. The van der Waals surface area contributed by atoms with Gasteiger partial charge in [-0.3, -0.25) is 0 Å². The molecule has 0 amide bonds. The monoisotopic (exact) mass is 425 g/mol. The molecule has 1 N–H and O–H groups in total. The minimum atomic E-state index is -0.744. The summed E-state index contributed by atoms with van der Waals surface area (Å²) in [5, 5.41) is 3.11. The Morgan fingerprint density at radius 3 is 1.94 bits per heavy atom. The zero-order chi connectivity index (χ0) is 22.5. The summed E-state index contributed by atoms with van der Waals surface area (Å²) in [4.78, 5) is 25.6. The van der Waals surface area contributed by atoms with Crippen LogP contribution in [0.3, 0.4) is 0 Å². The van der Waals surface area contributed by atoms with Crippen LogP contribution < -0.4 is 10.1 Å². The van der Waals surface area contributed by atoms with Crippen LogP contribution in [0.15, 0.2) is 63.4 Å². The number of carbonyl (C=O) groups is 2. The summed E-state index contributed by atoms with van der Waals surface area (Å²) < 4.78 is 21.9. The number of hydrogen-bond acceptors (Lipinski definition) is 7. The molecule has 1 aromatic carbocycles. The van der Waals surface area contributed by atoms with E-state index >= 15 is 0 Å². The molecule has 0 saturated carbocycles. The van der Waals surface area contributed by atoms with E-state index in [9.17, 15) is 9.59 Å². The first-order valence-corrected chi connectivity index (χ1v) is 10.2. The first-order chi connectivity index (χ1) is 14.9. The second-order valence-corrected chi connectivity index (χ2v) is 7.01. The van der Waals surface area contributed by atoms with Crippen molar-refractivity contribution in [1.82, 2.24) is 5.32 Å². The molecule has 0 unspecified atom stereocenters. The molecule has 2 heterocycles. The van der Waals surface area contributed by atoms with E-state index < -0.39 is 17.9 Å². The Kier molecular flexibility index (Phi) is 6.84. The van der Waals surface area contributed by atoms with Gasteiger partial charge >= 0.3 is 11.9 Å². The molecule has 164 valence electrons. The van der Waals surface area contributed by atoms with Crippen molar-refractivity contribution in [3.8, 4) is 17.1 Å². The average molecular weight is 425 g/mol. The van der Waals surface area contributed by atoms with Gasteiger partial charge in [0, 0.05) is 17.0 Å². The van der Waals surface area contributed by atoms with Crippen molar-refractivity contribution in [3.05, 3.63) is 64.7 Å².